The Labute approximate surface area is 236 Å². The molecule has 40 heavy (non-hydrogen) atoms. The van der Waals surface area contributed by atoms with E-state index < -0.39 is 0 Å². The number of benzene rings is 2. The quantitative estimate of drug-likeness (QED) is 0.467. The summed E-state index contributed by atoms with van der Waals surface area (Å²) in [6.07, 6.45) is 5.60. The van der Waals surface area contributed by atoms with E-state index in [-0.39, 0.29) is 11.7 Å². The molecule has 0 spiro atoms. The van der Waals surface area contributed by atoms with Crippen LogP contribution in [0.2, 0.25) is 0 Å². The first-order valence-corrected chi connectivity index (χ1v) is 14.8. The van der Waals surface area contributed by atoms with Crippen molar-refractivity contribution >= 4 is 28.2 Å². The molecule has 0 bridgehead atoms. The summed E-state index contributed by atoms with van der Waals surface area (Å²) in [5.41, 5.74) is 3.38. The van der Waals surface area contributed by atoms with Crippen molar-refractivity contribution in [1.82, 2.24) is 19.8 Å². The zero-order valence-corrected chi connectivity index (χ0v) is 23.6. The number of anilines is 2. The average molecular weight is 541 g/mol. The van der Waals surface area contributed by atoms with E-state index in [2.05, 4.69) is 46.4 Å². The van der Waals surface area contributed by atoms with Gasteiger partial charge < -0.3 is 24.7 Å². The molecule has 8 nitrogen and oxygen atoms in total. The van der Waals surface area contributed by atoms with Crippen molar-refractivity contribution in [3.8, 4) is 5.75 Å². The predicted molar refractivity (Wildman–Crippen MR) is 160 cm³/mol. The Morgan fingerprint density at radius 1 is 1.02 bits per heavy atom. The Kier molecular flexibility index (Phi) is 7.61. The van der Waals surface area contributed by atoms with Gasteiger partial charge in [-0.3, -0.25) is 4.79 Å². The molecule has 2 fully saturated rings. The predicted octanol–water partition coefficient (Wildman–Crippen LogP) is 4.32. The minimum atomic E-state index is -0.00197. The summed E-state index contributed by atoms with van der Waals surface area (Å²) in [5, 5.41) is 12.7. The molecule has 6 rings (SSSR count). The standard InChI is InChI=1S/C32H40N6O2/c1-3-12-35-13-9-23(10-14-35)31-33-28-22-38(29-21-25(39)20-24-7-5-6-8-26(24)29)15-11-27(28)32(34-31)37-18-16-36(17-19-37)30(40)4-2/h4-8,20-21,23,39H,2-3,9-19,22H2,1H3. The summed E-state index contributed by atoms with van der Waals surface area (Å²) >= 11 is 0. The van der Waals surface area contributed by atoms with Crippen LogP contribution in [-0.4, -0.2) is 83.1 Å². The van der Waals surface area contributed by atoms with Crippen LogP contribution in [-0.2, 0) is 17.8 Å². The SMILES string of the molecule is C=CC(=O)N1CCN(c2nc(C3CCN(CCC)CC3)nc3c2CCN(c2cc(O)cc4ccccc24)C3)CC1. The number of aromatic nitrogens is 2. The monoisotopic (exact) mass is 540 g/mol. The van der Waals surface area contributed by atoms with Crippen LogP contribution in [0, 0.1) is 0 Å². The lowest BCUT2D eigenvalue weighted by Gasteiger charge is -2.39. The number of carbonyl (C=O) groups excluding carboxylic acids is 1. The summed E-state index contributed by atoms with van der Waals surface area (Å²) in [5.74, 6) is 2.67. The molecule has 1 aromatic heterocycles. The van der Waals surface area contributed by atoms with E-state index in [1.807, 2.05) is 23.1 Å². The topological polar surface area (TPSA) is 76.0 Å². The molecule has 210 valence electrons. The highest BCUT2D eigenvalue weighted by Crippen LogP contribution is 2.37. The van der Waals surface area contributed by atoms with Gasteiger partial charge in [-0.15, -0.1) is 0 Å². The molecular formula is C32H40N6O2. The molecule has 0 radical (unpaired) electrons. The fourth-order valence-electron chi connectivity index (χ4n) is 6.61. The number of hydrogen-bond acceptors (Lipinski definition) is 7. The van der Waals surface area contributed by atoms with Crippen LogP contribution in [0.3, 0.4) is 0 Å². The van der Waals surface area contributed by atoms with E-state index in [0.29, 0.717) is 25.6 Å². The number of hydrogen-bond donors (Lipinski definition) is 1. The molecule has 2 saturated heterocycles. The van der Waals surface area contributed by atoms with Gasteiger partial charge in [-0.25, -0.2) is 9.97 Å². The van der Waals surface area contributed by atoms with Gasteiger partial charge >= 0.3 is 0 Å². The number of aromatic hydroxyl groups is 1. The van der Waals surface area contributed by atoms with E-state index in [1.165, 1.54) is 18.1 Å². The Bertz CT molecular complexity index is 1390. The highest BCUT2D eigenvalue weighted by atomic mass is 16.3. The molecular weight excluding hydrogens is 500 g/mol. The van der Waals surface area contributed by atoms with Gasteiger partial charge in [-0.2, -0.15) is 0 Å². The molecule has 2 aromatic carbocycles. The fraction of sp³-hybridized carbons (Fsp3) is 0.469. The van der Waals surface area contributed by atoms with Gasteiger partial charge in [0.2, 0.25) is 5.91 Å². The summed E-state index contributed by atoms with van der Waals surface area (Å²) in [6.45, 7) is 13.7. The van der Waals surface area contributed by atoms with Crippen molar-refractivity contribution in [1.29, 1.82) is 0 Å². The number of rotatable bonds is 6. The van der Waals surface area contributed by atoms with Gasteiger partial charge in [-0.1, -0.05) is 37.8 Å². The van der Waals surface area contributed by atoms with Crippen molar-refractivity contribution in [3.05, 3.63) is 66.1 Å². The lowest BCUT2D eigenvalue weighted by molar-refractivity contribution is -0.126. The van der Waals surface area contributed by atoms with Crippen LogP contribution in [0.5, 0.6) is 5.75 Å². The highest BCUT2D eigenvalue weighted by molar-refractivity contribution is 5.95. The lowest BCUT2D eigenvalue weighted by Crippen LogP contribution is -2.49. The molecule has 1 N–H and O–H groups in total. The van der Waals surface area contributed by atoms with Crippen LogP contribution in [0.15, 0.2) is 49.1 Å². The number of carbonyl (C=O) groups is 1. The minimum absolute atomic E-state index is 0.00197. The summed E-state index contributed by atoms with van der Waals surface area (Å²) in [6, 6.07) is 12.0. The average Bonchev–Trinajstić information content (AvgIpc) is 3.00. The molecule has 3 aromatic rings. The molecule has 0 unspecified atom stereocenters. The first-order chi connectivity index (χ1) is 19.5. The van der Waals surface area contributed by atoms with Crippen molar-refractivity contribution < 1.29 is 9.90 Å². The first kappa shape index (κ1) is 26.6. The third-order valence-corrected chi connectivity index (χ3v) is 8.78. The minimum Gasteiger partial charge on any atom is -0.508 e. The number of likely N-dealkylation sites (tertiary alicyclic amines) is 1. The Morgan fingerprint density at radius 2 is 1.80 bits per heavy atom. The van der Waals surface area contributed by atoms with E-state index in [1.54, 1.807) is 0 Å². The van der Waals surface area contributed by atoms with Crippen molar-refractivity contribution in [2.75, 3.05) is 62.2 Å². The Morgan fingerprint density at radius 3 is 2.55 bits per heavy atom. The maximum Gasteiger partial charge on any atom is 0.246 e. The van der Waals surface area contributed by atoms with Gasteiger partial charge in [0.25, 0.3) is 0 Å². The summed E-state index contributed by atoms with van der Waals surface area (Å²) in [4.78, 5) is 31.9. The molecule has 1 amide bonds. The van der Waals surface area contributed by atoms with Crippen LogP contribution in [0.1, 0.15) is 49.2 Å². The number of fused-ring (bicyclic) bond motifs is 2. The molecule has 3 aliphatic rings. The Balaban J connectivity index is 1.33. The third kappa shape index (κ3) is 5.24. The second-order valence-electron chi connectivity index (χ2n) is 11.3. The highest BCUT2D eigenvalue weighted by Gasteiger charge is 2.31. The summed E-state index contributed by atoms with van der Waals surface area (Å²) in [7, 11) is 0. The van der Waals surface area contributed by atoms with Crippen molar-refractivity contribution in [2.24, 2.45) is 0 Å². The van der Waals surface area contributed by atoms with E-state index in [4.69, 9.17) is 9.97 Å². The molecule has 0 aliphatic carbocycles. The molecule has 0 saturated carbocycles. The van der Waals surface area contributed by atoms with Crippen LogP contribution in [0.25, 0.3) is 10.8 Å². The largest absolute Gasteiger partial charge is 0.508 e. The summed E-state index contributed by atoms with van der Waals surface area (Å²) < 4.78 is 0. The number of piperidine rings is 1. The van der Waals surface area contributed by atoms with Crippen molar-refractivity contribution in [3.63, 3.8) is 0 Å². The number of amides is 1. The fourth-order valence-corrected chi connectivity index (χ4v) is 6.61. The maximum absolute atomic E-state index is 12.2. The normalized spacial score (nSPS) is 18.7. The molecule has 3 aliphatic heterocycles. The van der Waals surface area contributed by atoms with Gasteiger partial charge in [0, 0.05) is 61.3 Å². The van der Waals surface area contributed by atoms with Gasteiger partial charge in [-0.05, 0) is 62.8 Å². The van der Waals surface area contributed by atoms with Crippen LogP contribution in [0.4, 0.5) is 11.5 Å². The molecule has 0 atom stereocenters. The van der Waals surface area contributed by atoms with Crippen LogP contribution < -0.4 is 9.80 Å². The van der Waals surface area contributed by atoms with E-state index in [0.717, 1.165) is 92.3 Å². The van der Waals surface area contributed by atoms with E-state index in [9.17, 15) is 9.90 Å². The number of phenols is 1. The zero-order valence-electron chi connectivity index (χ0n) is 23.6. The maximum atomic E-state index is 12.2. The number of piperazine rings is 1. The Hall–Kier alpha value is -3.65. The zero-order chi connectivity index (χ0) is 27.6. The number of phenolic OH excluding ortho intramolecular Hbond substituents is 1. The van der Waals surface area contributed by atoms with Gasteiger partial charge in [0.1, 0.15) is 17.4 Å². The van der Waals surface area contributed by atoms with Gasteiger partial charge in [0.05, 0.1) is 12.2 Å². The first-order valence-electron chi connectivity index (χ1n) is 14.8. The smallest absolute Gasteiger partial charge is 0.246 e. The second-order valence-corrected chi connectivity index (χ2v) is 11.3. The third-order valence-electron chi connectivity index (χ3n) is 8.78. The van der Waals surface area contributed by atoms with Crippen molar-refractivity contribution in [2.45, 2.75) is 45.1 Å². The number of nitrogens with zero attached hydrogens (tertiary/aromatic N) is 6. The van der Waals surface area contributed by atoms with E-state index >= 15 is 0 Å². The second kappa shape index (κ2) is 11.5. The molecule has 8 heteroatoms. The lowest BCUT2D eigenvalue weighted by atomic mass is 9.94. The van der Waals surface area contributed by atoms with Crippen LogP contribution >= 0.6 is 0 Å². The van der Waals surface area contributed by atoms with Gasteiger partial charge in [0.15, 0.2) is 0 Å². The molecule has 4 heterocycles.